The van der Waals surface area contributed by atoms with Crippen molar-refractivity contribution in [1.29, 1.82) is 5.26 Å². The van der Waals surface area contributed by atoms with Gasteiger partial charge in [0.25, 0.3) is 0 Å². The summed E-state index contributed by atoms with van der Waals surface area (Å²) in [7, 11) is -3.69. The van der Waals surface area contributed by atoms with Gasteiger partial charge in [-0.25, -0.2) is 8.42 Å². The molecule has 8 heteroatoms. The Hall–Kier alpha value is -2.56. The first-order valence-electron chi connectivity index (χ1n) is 7.28. The molecular weight excluding hydrogens is 362 g/mol. The zero-order valence-corrected chi connectivity index (χ0v) is 15.0. The smallest absolute Gasteiger partial charge is 0.241 e. The predicted molar refractivity (Wildman–Crippen MR) is 96.6 cm³/mol. The minimum Gasteiger partial charge on any atom is -0.350 e. The Bertz CT molecular complexity index is 923. The van der Waals surface area contributed by atoms with Crippen LogP contribution in [0.2, 0.25) is 5.02 Å². The summed E-state index contributed by atoms with van der Waals surface area (Å²) in [5.74, 6) is -0.465. The lowest BCUT2D eigenvalue weighted by molar-refractivity contribution is -0.119. The molecule has 0 aliphatic rings. The number of nitrogens with one attached hydrogen (secondary N) is 1. The van der Waals surface area contributed by atoms with Crippen molar-refractivity contribution in [3.8, 4) is 6.07 Å². The number of hydrogen-bond donors (Lipinski definition) is 1. The second-order valence-corrected chi connectivity index (χ2v) is 7.68. The van der Waals surface area contributed by atoms with E-state index in [-0.39, 0.29) is 18.8 Å². The largest absolute Gasteiger partial charge is 0.350 e. The third kappa shape index (κ3) is 5.48. The molecule has 0 aromatic heterocycles. The highest BCUT2D eigenvalue weighted by Gasteiger charge is 2.21. The van der Waals surface area contributed by atoms with E-state index in [1.165, 1.54) is 12.1 Å². The van der Waals surface area contributed by atoms with E-state index in [9.17, 15) is 13.2 Å². The van der Waals surface area contributed by atoms with Gasteiger partial charge in [0, 0.05) is 11.6 Å². The molecule has 0 bridgehead atoms. The fraction of sp³-hybridized carbons (Fsp3) is 0.176. The summed E-state index contributed by atoms with van der Waals surface area (Å²) >= 11 is 5.89. The molecule has 0 radical (unpaired) electrons. The second kappa shape index (κ2) is 8.01. The van der Waals surface area contributed by atoms with Crippen LogP contribution in [0.5, 0.6) is 0 Å². The Balaban J connectivity index is 2.12. The molecule has 0 aliphatic carbocycles. The molecule has 2 aromatic carbocycles. The number of rotatable bonds is 6. The van der Waals surface area contributed by atoms with E-state index < -0.39 is 15.9 Å². The topological polar surface area (TPSA) is 90.3 Å². The molecule has 0 atom stereocenters. The molecule has 2 aromatic rings. The molecule has 0 unspecified atom stereocenters. The highest BCUT2D eigenvalue weighted by molar-refractivity contribution is 7.92. The molecule has 0 spiro atoms. The van der Waals surface area contributed by atoms with Crippen molar-refractivity contribution in [3.05, 3.63) is 64.7 Å². The molecule has 1 amide bonds. The average Bonchev–Trinajstić information content (AvgIpc) is 2.57. The number of hydrogen-bond acceptors (Lipinski definition) is 4. The van der Waals surface area contributed by atoms with Gasteiger partial charge in [0.05, 0.1) is 23.6 Å². The lowest BCUT2D eigenvalue weighted by Gasteiger charge is -2.22. The Morgan fingerprint density at radius 2 is 1.96 bits per heavy atom. The van der Waals surface area contributed by atoms with Crippen molar-refractivity contribution in [2.24, 2.45) is 0 Å². The van der Waals surface area contributed by atoms with E-state index in [0.717, 1.165) is 16.1 Å². The first-order valence-corrected chi connectivity index (χ1v) is 9.51. The first-order chi connectivity index (χ1) is 11.8. The third-order valence-corrected chi connectivity index (χ3v) is 4.71. The van der Waals surface area contributed by atoms with Crippen LogP contribution in [0.1, 0.15) is 11.1 Å². The van der Waals surface area contributed by atoms with Gasteiger partial charge in [0.2, 0.25) is 15.9 Å². The van der Waals surface area contributed by atoms with Gasteiger partial charge in [0.1, 0.15) is 6.54 Å². The Kier molecular flexibility index (Phi) is 6.02. The van der Waals surface area contributed by atoms with Crippen LogP contribution in [-0.4, -0.2) is 27.1 Å². The van der Waals surface area contributed by atoms with Gasteiger partial charge < -0.3 is 5.32 Å². The normalized spacial score (nSPS) is 10.8. The zero-order chi connectivity index (χ0) is 18.4. The van der Waals surface area contributed by atoms with Crippen molar-refractivity contribution in [1.82, 2.24) is 5.32 Å². The molecule has 6 nitrogen and oxygen atoms in total. The van der Waals surface area contributed by atoms with Crippen LogP contribution >= 0.6 is 11.6 Å². The Morgan fingerprint density at radius 3 is 2.60 bits per heavy atom. The van der Waals surface area contributed by atoms with Crippen LogP contribution in [0.3, 0.4) is 0 Å². The first kappa shape index (κ1) is 18.8. The summed E-state index contributed by atoms with van der Waals surface area (Å²) in [6.07, 6.45) is 1.01. The summed E-state index contributed by atoms with van der Waals surface area (Å²) in [6, 6.07) is 15.0. The van der Waals surface area contributed by atoms with Gasteiger partial charge in [-0.05, 0) is 35.9 Å². The molecule has 0 aliphatic heterocycles. The maximum atomic E-state index is 12.2. The monoisotopic (exact) mass is 377 g/mol. The van der Waals surface area contributed by atoms with Crippen LogP contribution < -0.4 is 9.62 Å². The Labute approximate surface area is 151 Å². The standard InChI is InChI=1S/C17H16ClN3O3S/c1-25(23,24)21(16-7-3-4-13(9-16)10-19)12-17(22)20-11-14-5-2-6-15(18)8-14/h2-9H,11-12H2,1H3,(H,20,22). The third-order valence-electron chi connectivity index (χ3n) is 3.33. The zero-order valence-electron chi connectivity index (χ0n) is 13.4. The molecule has 1 N–H and O–H groups in total. The number of carbonyl (C=O) groups excluding carboxylic acids is 1. The minimum absolute atomic E-state index is 0.231. The lowest BCUT2D eigenvalue weighted by Crippen LogP contribution is -2.40. The number of nitriles is 1. The fourth-order valence-corrected chi connectivity index (χ4v) is 3.23. The fourth-order valence-electron chi connectivity index (χ4n) is 2.16. The van der Waals surface area contributed by atoms with E-state index in [1.54, 1.807) is 36.4 Å². The molecule has 0 saturated heterocycles. The molecule has 25 heavy (non-hydrogen) atoms. The maximum absolute atomic E-state index is 12.2. The molecule has 130 valence electrons. The number of halogens is 1. The van der Waals surface area contributed by atoms with Crippen molar-refractivity contribution in [2.45, 2.75) is 6.54 Å². The van der Waals surface area contributed by atoms with Gasteiger partial charge in [-0.2, -0.15) is 5.26 Å². The van der Waals surface area contributed by atoms with E-state index in [0.29, 0.717) is 10.6 Å². The molecule has 2 rings (SSSR count). The van der Waals surface area contributed by atoms with Crippen molar-refractivity contribution in [3.63, 3.8) is 0 Å². The van der Waals surface area contributed by atoms with Gasteiger partial charge in [0.15, 0.2) is 0 Å². The van der Waals surface area contributed by atoms with Gasteiger partial charge in [-0.15, -0.1) is 0 Å². The molecular formula is C17H16ClN3O3S. The molecule has 0 saturated carbocycles. The van der Waals surface area contributed by atoms with Crippen molar-refractivity contribution >= 4 is 33.2 Å². The quantitative estimate of drug-likeness (QED) is 0.836. The number of benzene rings is 2. The summed E-state index contributed by atoms with van der Waals surface area (Å²) in [5, 5.41) is 12.2. The number of anilines is 1. The van der Waals surface area contributed by atoms with E-state index in [4.69, 9.17) is 16.9 Å². The number of nitrogens with zero attached hydrogens (tertiary/aromatic N) is 2. The van der Waals surface area contributed by atoms with Gasteiger partial charge in [-0.3, -0.25) is 9.10 Å². The predicted octanol–water partition coefficient (Wildman–Crippen LogP) is 2.29. The van der Waals surface area contributed by atoms with Crippen molar-refractivity contribution in [2.75, 3.05) is 17.1 Å². The SMILES string of the molecule is CS(=O)(=O)N(CC(=O)NCc1cccc(Cl)c1)c1cccc(C#N)c1. The van der Waals surface area contributed by atoms with E-state index in [2.05, 4.69) is 5.32 Å². The average molecular weight is 378 g/mol. The van der Waals surface area contributed by atoms with E-state index in [1.807, 2.05) is 6.07 Å². The van der Waals surface area contributed by atoms with Gasteiger partial charge >= 0.3 is 0 Å². The van der Waals surface area contributed by atoms with Crippen LogP contribution in [-0.2, 0) is 21.4 Å². The summed E-state index contributed by atoms with van der Waals surface area (Å²) in [4.78, 5) is 12.2. The number of amides is 1. The molecule has 0 fully saturated rings. The Morgan fingerprint density at radius 1 is 1.24 bits per heavy atom. The maximum Gasteiger partial charge on any atom is 0.241 e. The van der Waals surface area contributed by atoms with Crippen LogP contribution in [0.25, 0.3) is 0 Å². The minimum atomic E-state index is -3.69. The highest BCUT2D eigenvalue weighted by Crippen LogP contribution is 2.18. The summed E-state index contributed by atoms with van der Waals surface area (Å²) < 4.78 is 25.0. The van der Waals surface area contributed by atoms with Crippen LogP contribution in [0.15, 0.2) is 48.5 Å². The molecule has 0 heterocycles. The second-order valence-electron chi connectivity index (χ2n) is 5.34. The summed E-state index contributed by atoms with van der Waals surface area (Å²) in [5.41, 5.74) is 1.38. The lowest BCUT2D eigenvalue weighted by atomic mass is 10.2. The summed E-state index contributed by atoms with van der Waals surface area (Å²) in [6.45, 7) is -0.149. The number of sulfonamides is 1. The van der Waals surface area contributed by atoms with Crippen LogP contribution in [0.4, 0.5) is 5.69 Å². The van der Waals surface area contributed by atoms with Crippen molar-refractivity contribution < 1.29 is 13.2 Å². The van der Waals surface area contributed by atoms with Gasteiger partial charge in [-0.1, -0.05) is 29.8 Å². The highest BCUT2D eigenvalue weighted by atomic mass is 35.5. The van der Waals surface area contributed by atoms with Crippen LogP contribution in [0, 0.1) is 11.3 Å². The van der Waals surface area contributed by atoms with E-state index >= 15 is 0 Å². The number of carbonyl (C=O) groups is 1.